The zero-order valence-electron chi connectivity index (χ0n) is 21.8. The molecule has 7 heteroatoms. The van der Waals surface area contributed by atoms with Gasteiger partial charge in [0.25, 0.3) is 5.91 Å². The van der Waals surface area contributed by atoms with Crippen molar-refractivity contribution in [3.63, 3.8) is 0 Å². The highest BCUT2D eigenvalue weighted by Crippen LogP contribution is 2.32. The molecule has 7 nitrogen and oxygen atoms in total. The van der Waals surface area contributed by atoms with Crippen LogP contribution in [0, 0.1) is 5.92 Å². The molecule has 1 heterocycles. The molecule has 4 rings (SSSR count). The molecule has 194 valence electrons. The maximum atomic E-state index is 13.3. The first kappa shape index (κ1) is 26.2. The fourth-order valence-electron chi connectivity index (χ4n) is 4.57. The minimum Gasteiger partial charge on any atom is -0.487 e. The van der Waals surface area contributed by atoms with Crippen LogP contribution in [-0.4, -0.2) is 59.1 Å². The predicted molar refractivity (Wildman–Crippen MR) is 142 cm³/mol. The molecule has 0 aromatic heterocycles. The Labute approximate surface area is 218 Å². The van der Waals surface area contributed by atoms with E-state index in [-0.39, 0.29) is 35.3 Å². The standard InChI is InChI=1S/C30H34N2O5/c1-20(2)32-17-21(3)27(37-28-25(29(32)33)11-8-12-26(28)30(34)35)19-31(4)18-22-13-15-24(16-14-22)36-23-9-6-5-7-10-23/h5-16,20-21,27H,17-19H2,1-4H3,(H,34,35)/t21-,27+/m1/s1. The molecular formula is C30H34N2O5. The van der Waals surface area contributed by atoms with Crippen LogP contribution in [0.2, 0.25) is 0 Å². The molecule has 0 bridgehead atoms. The number of hydrogen-bond donors (Lipinski definition) is 1. The first-order chi connectivity index (χ1) is 17.7. The number of carboxylic acids is 1. The highest BCUT2D eigenvalue weighted by atomic mass is 16.5. The van der Waals surface area contributed by atoms with Crippen LogP contribution >= 0.6 is 0 Å². The van der Waals surface area contributed by atoms with E-state index < -0.39 is 5.97 Å². The first-order valence-corrected chi connectivity index (χ1v) is 12.6. The number of likely N-dealkylation sites (N-methyl/N-ethyl adjacent to an activating group) is 1. The van der Waals surface area contributed by atoms with Crippen molar-refractivity contribution in [3.8, 4) is 17.2 Å². The van der Waals surface area contributed by atoms with E-state index in [1.807, 2.05) is 82.4 Å². The number of carbonyl (C=O) groups is 2. The molecule has 3 aromatic rings. The Bertz CT molecular complexity index is 1230. The molecule has 0 aliphatic carbocycles. The summed E-state index contributed by atoms with van der Waals surface area (Å²) in [4.78, 5) is 29.2. The van der Waals surface area contributed by atoms with Crippen molar-refractivity contribution in [1.82, 2.24) is 9.80 Å². The molecule has 0 spiro atoms. The van der Waals surface area contributed by atoms with Crippen molar-refractivity contribution in [2.24, 2.45) is 5.92 Å². The van der Waals surface area contributed by atoms with E-state index in [1.54, 1.807) is 17.0 Å². The Hall–Kier alpha value is -3.84. The molecule has 0 saturated carbocycles. The SMILES string of the molecule is CC(C)N1C[C@@H](C)[C@H](CN(C)Cc2ccc(Oc3ccccc3)cc2)Oc2c(C(=O)O)cccc2C1=O. The lowest BCUT2D eigenvalue weighted by molar-refractivity contribution is 0.0421. The third kappa shape index (κ3) is 6.30. The lowest BCUT2D eigenvalue weighted by Gasteiger charge is -2.38. The Balaban J connectivity index is 1.51. The van der Waals surface area contributed by atoms with Gasteiger partial charge in [0, 0.05) is 31.6 Å². The molecule has 3 aromatic carbocycles. The maximum Gasteiger partial charge on any atom is 0.339 e. The van der Waals surface area contributed by atoms with Gasteiger partial charge in [0.1, 0.15) is 28.9 Å². The number of para-hydroxylation sites is 2. The second kappa shape index (κ2) is 11.5. The van der Waals surface area contributed by atoms with Crippen LogP contribution in [-0.2, 0) is 6.54 Å². The van der Waals surface area contributed by atoms with Gasteiger partial charge in [-0.3, -0.25) is 9.69 Å². The number of carbonyl (C=O) groups excluding carboxylic acids is 1. The number of benzene rings is 3. The van der Waals surface area contributed by atoms with Crippen LogP contribution in [0.1, 0.15) is 47.1 Å². The van der Waals surface area contributed by atoms with Crippen molar-refractivity contribution in [3.05, 3.63) is 89.5 Å². The minimum absolute atomic E-state index is 0.00492. The van der Waals surface area contributed by atoms with Crippen molar-refractivity contribution in [1.29, 1.82) is 0 Å². The summed E-state index contributed by atoms with van der Waals surface area (Å²) in [6.45, 7) is 7.76. The van der Waals surface area contributed by atoms with E-state index in [9.17, 15) is 14.7 Å². The summed E-state index contributed by atoms with van der Waals surface area (Å²) >= 11 is 0. The van der Waals surface area contributed by atoms with Gasteiger partial charge in [0.05, 0.1) is 5.56 Å². The van der Waals surface area contributed by atoms with E-state index in [4.69, 9.17) is 9.47 Å². The molecule has 1 amide bonds. The van der Waals surface area contributed by atoms with Gasteiger partial charge in [-0.2, -0.15) is 0 Å². The number of ether oxygens (including phenoxy) is 2. The third-order valence-electron chi connectivity index (χ3n) is 6.60. The monoisotopic (exact) mass is 502 g/mol. The van der Waals surface area contributed by atoms with Crippen molar-refractivity contribution >= 4 is 11.9 Å². The van der Waals surface area contributed by atoms with Gasteiger partial charge >= 0.3 is 5.97 Å². The molecule has 0 radical (unpaired) electrons. The average Bonchev–Trinajstić information content (AvgIpc) is 2.87. The normalized spacial score (nSPS) is 17.7. The van der Waals surface area contributed by atoms with Gasteiger partial charge in [-0.25, -0.2) is 4.79 Å². The number of fused-ring (bicyclic) bond motifs is 1. The molecule has 2 atom stereocenters. The maximum absolute atomic E-state index is 13.3. The van der Waals surface area contributed by atoms with Gasteiger partial charge in [-0.05, 0) is 62.9 Å². The molecule has 1 aliphatic rings. The second-order valence-electron chi connectivity index (χ2n) is 9.93. The van der Waals surface area contributed by atoms with Crippen LogP contribution in [0.4, 0.5) is 0 Å². The average molecular weight is 503 g/mol. The topological polar surface area (TPSA) is 79.3 Å². The van der Waals surface area contributed by atoms with E-state index in [0.717, 1.165) is 17.1 Å². The van der Waals surface area contributed by atoms with E-state index in [1.165, 1.54) is 6.07 Å². The molecule has 0 fully saturated rings. The van der Waals surface area contributed by atoms with E-state index in [0.29, 0.717) is 25.2 Å². The zero-order chi connectivity index (χ0) is 26.5. The quantitative estimate of drug-likeness (QED) is 0.435. The lowest BCUT2D eigenvalue weighted by atomic mass is 9.98. The molecule has 1 N–H and O–H groups in total. The molecule has 1 aliphatic heterocycles. The summed E-state index contributed by atoms with van der Waals surface area (Å²) in [6.07, 6.45) is -0.306. The lowest BCUT2D eigenvalue weighted by Crippen LogP contribution is -2.48. The summed E-state index contributed by atoms with van der Waals surface area (Å²) < 4.78 is 12.2. The van der Waals surface area contributed by atoms with Gasteiger partial charge in [-0.1, -0.05) is 43.3 Å². The summed E-state index contributed by atoms with van der Waals surface area (Å²) in [6, 6.07) is 22.3. The molecule has 37 heavy (non-hydrogen) atoms. The van der Waals surface area contributed by atoms with Gasteiger partial charge < -0.3 is 19.5 Å². The van der Waals surface area contributed by atoms with Crippen LogP contribution in [0.5, 0.6) is 17.2 Å². The van der Waals surface area contributed by atoms with Crippen LogP contribution in [0.25, 0.3) is 0 Å². The zero-order valence-corrected chi connectivity index (χ0v) is 21.8. The Kier molecular flexibility index (Phi) is 8.14. The Morgan fingerprint density at radius 2 is 1.73 bits per heavy atom. The number of rotatable bonds is 8. The van der Waals surface area contributed by atoms with Gasteiger partial charge in [0.2, 0.25) is 0 Å². The number of hydrogen-bond acceptors (Lipinski definition) is 5. The molecule has 0 saturated heterocycles. The van der Waals surface area contributed by atoms with Gasteiger partial charge in [-0.15, -0.1) is 0 Å². The smallest absolute Gasteiger partial charge is 0.339 e. The Morgan fingerprint density at radius 3 is 2.38 bits per heavy atom. The van der Waals surface area contributed by atoms with Gasteiger partial charge in [0.15, 0.2) is 0 Å². The summed E-state index contributed by atoms with van der Waals surface area (Å²) in [5.41, 5.74) is 1.42. The molecule has 0 unspecified atom stereocenters. The largest absolute Gasteiger partial charge is 0.487 e. The summed E-state index contributed by atoms with van der Waals surface area (Å²) in [5.74, 6) is 0.385. The number of nitrogens with zero attached hydrogens (tertiary/aromatic N) is 2. The van der Waals surface area contributed by atoms with Crippen molar-refractivity contribution in [2.45, 2.75) is 39.5 Å². The van der Waals surface area contributed by atoms with Crippen LogP contribution < -0.4 is 9.47 Å². The fourth-order valence-corrected chi connectivity index (χ4v) is 4.57. The van der Waals surface area contributed by atoms with Crippen molar-refractivity contribution < 1.29 is 24.2 Å². The number of aromatic carboxylic acids is 1. The summed E-state index contributed by atoms with van der Waals surface area (Å²) in [5, 5.41) is 9.78. The van der Waals surface area contributed by atoms with Crippen LogP contribution in [0.3, 0.4) is 0 Å². The van der Waals surface area contributed by atoms with E-state index >= 15 is 0 Å². The third-order valence-corrected chi connectivity index (χ3v) is 6.60. The predicted octanol–water partition coefficient (Wildman–Crippen LogP) is 5.56. The Morgan fingerprint density at radius 1 is 1.05 bits per heavy atom. The minimum atomic E-state index is -1.11. The van der Waals surface area contributed by atoms with Crippen molar-refractivity contribution in [2.75, 3.05) is 20.1 Å². The van der Waals surface area contributed by atoms with Crippen LogP contribution in [0.15, 0.2) is 72.8 Å². The summed E-state index contributed by atoms with van der Waals surface area (Å²) in [7, 11) is 2.01. The first-order valence-electron chi connectivity index (χ1n) is 12.6. The van der Waals surface area contributed by atoms with E-state index in [2.05, 4.69) is 4.90 Å². The number of carboxylic acid groups (broad SMARTS) is 1. The highest BCUT2D eigenvalue weighted by molar-refractivity contribution is 6.02. The molecular weight excluding hydrogens is 468 g/mol. The fraction of sp³-hybridized carbons (Fsp3) is 0.333. The highest BCUT2D eigenvalue weighted by Gasteiger charge is 2.34. The second-order valence-corrected chi connectivity index (χ2v) is 9.93. The number of amides is 1.